The second-order valence-corrected chi connectivity index (χ2v) is 5.95. The molecule has 2 aliphatic carbocycles. The summed E-state index contributed by atoms with van der Waals surface area (Å²) in [5, 5.41) is 0. The minimum atomic E-state index is 0.177. The molecule has 0 aromatic heterocycles. The van der Waals surface area contributed by atoms with Crippen LogP contribution in [0.3, 0.4) is 0 Å². The normalized spacial score (nSPS) is 37.7. The molecule has 0 aliphatic heterocycles. The number of hydrogen-bond donors (Lipinski definition) is 0. The van der Waals surface area contributed by atoms with Gasteiger partial charge in [0.25, 0.3) is 0 Å². The van der Waals surface area contributed by atoms with Crippen LogP contribution in [0.5, 0.6) is 0 Å². The first kappa shape index (κ1) is 10.9. The molecule has 0 spiro atoms. The van der Waals surface area contributed by atoms with Gasteiger partial charge in [-0.15, -0.1) is 0 Å². The van der Waals surface area contributed by atoms with Gasteiger partial charge >= 0.3 is 0 Å². The monoisotopic (exact) mass is 206 g/mol. The molecule has 84 valence electrons. The van der Waals surface area contributed by atoms with Crippen molar-refractivity contribution < 1.29 is 4.79 Å². The lowest BCUT2D eigenvalue weighted by Gasteiger charge is -2.37. The van der Waals surface area contributed by atoms with Gasteiger partial charge < -0.3 is 0 Å². The molecule has 0 radical (unpaired) electrons. The topological polar surface area (TPSA) is 17.1 Å². The fraction of sp³-hybridized carbons (Fsp3) is 0.786. The van der Waals surface area contributed by atoms with Crippen LogP contribution in [0.15, 0.2) is 12.2 Å². The van der Waals surface area contributed by atoms with E-state index >= 15 is 0 Å². The third-order valence-corrected chi connectivity index (χ3v) is 4.79. The van der Waals surface area contributed by atoms with Crippen LogP contribution in [0.25, 0.3) is 0 Å². The summed E-state index contributed by atoms with van der Waals surface area (Å²) in [6.45, 7) is 6.47. The number of carbonyl (C=O) groups is 1. The average Bonchev–Trinajstić information content (AvgIpc) is 2.66. The number of carbonyl (C=O) groups excluding carboxylic acids is 1. The van der Waals surface area contributed by atoms with Crippen molar-refractivity contribution in [3.05, 3.63) is 12.2 Å². The number of ketones is 1. The Morgan fingerprint density at radius 3 is 2.67 bits per heavy atom. The van der Waals surface area contributed by atoms with Gasteiger partial charge in [-0.2, -0.15) is 0 Å². The molecule has 0 saturated heterocycles. The van der Waals surface area contributed by atoms with Gasteiger partial charge in [-0.25, -0.2) is 0 Å². The number of rotatable bonds is 3. The summed E-state index contributed by atoms with van der Waals surface area (Å²) in [6, 6.07) is 0. The molecule has 0 amide bonds. The highest BCUT2D eigenvalue weighted by Crippen LogP contribution is 2.60. The molecule has 1 heteroatoms. The Hall–Kier alpha value is -0.590. The Bertz CT molecular complexity index is 288. The number of allylic oxidation sites excluding steroid dienone is 2. The molecule has 3 unspecified atom stereocenters. The van der Waals surface area contributed by atoms with Crippen molar-refractivity contribution >= 4 is 5.78 Å². The van der Waals surface area contributed by atoms with Crippen molar-refractivity contribution in [2.75, 3.05) is 0 Å². The van der Waals surface area contributed by atoms with Crippen LogP contribution in [-0.2, 0) is 4.79 Å². The third-order valence-electron chi connectivity index (χ3n) is 4.79. The van der Waals surface area contributed by atoms with Gasteiger partial charge in [-0.3, -0.25) is 4.79 Å². The van der Waals surface area contributed by atoms with Crippen molar-refractivity contribution in [2.45, 2.75) is 46.5 Å². The van der Waals surface area contributed by atoms with Gasteiger partial charge in [0.05, 0.1) is 0 Å². The van der Waals surface area contributed by atoms with Gasteiger partial charge in [0, 0.05) is 0 Å². The lowest BCUT2D eigenvalue weighted by Crippen LogP contribution is -2.30. The van der Waals surface area contributed by atoms with Gasteiger partial charge in [-0.1, -0.05) is 19.9 Å². The maximum absolute atomic E-state index is 10.9. The van der Waals surface area contributed by atoms with Gasteiger partial charge in [-0.05, 0) is 61.9 Å². The molecule has 2 bridgehead atoms. The second-order valence-electron chi connectivity index (χ2n) is 5.95. The highest BCUT2D eigenvalue weighted by atomic mass is 16.1. The SMILES string of the molecule is CC(=O)C=CCC1C2CCC(C2)C1(C)C. The van der Waals surface area contributed by atoms with E-state index in [1.54, 1.807) is 13.0 Å². The molecule has 0 aromatic carbocycles. The first-order chi connectivity index (χ1) is 7.01. The quantitative estimate of drug-likeness (QED) is 0.645. The summed E-state index contributed by atoms with van der Waals surface area (Å²) in [6.07, 6.45) is 9.23. The van der Waals surface area contributed by atoms with E-state index in [-0.39, 0.29) is 5.78 Å². The standard InChI is InChI=1S/C14H22O/c1-10(15)5-4-6-13-11-7-8-12(9-11)14(13,2)3/h4-5,11-13H,6-9H2,1-3H3. The van der Waals surface area contributed by atoms with Crippen LogP contribution in [0, 0.1) is 23.2 Å². The second kappa shape index (κ2) is 3.77. The van der Waals surface area contributed by atoms with Crippen LogP contribution in [-0.4, -0.2) is 5.78 Å². The molecular weight excluding hydrogens is 184 g/mol. The first-order valence-electron chi connectivity index (χ1n) is 6.19. The van der Waals surface area contributed by atoms with Crippen molar-refractivity contribution in [1.29, 1.82) is 0 Å². The smallest absolute Gasteiger partial charge is 0.152 e. The zero-order valence-electron chi connectivity index (χ0n) is 10.1. The Kier molecular flexibility index (Phi) is 2.74. The highest BCUT2D eigenvalue weighted by Gasteiger charge is 2.51. The molecule has 0 heterocycles. The summed E-state index contributed by atoms with van der Waals surface area (Å²) in [5.41, 5.74) is 0.504. The van der Waals surface area contributed by atoms with Crippen LogP contribution >= 0.6 is 0 Å². The molecule has 2 aliphatic rings. The van der Waals surface area contributed by atoms with Gasteiger partial charge in [0.15, 0.2) is 5.78 Å². The molecule has 2 saturated carbocycles. The van der Waals surface area contributed by atoms with Crippen molar-refractivity contribution in [3.8, 4) is 0 Å². The predicted molar refractivity (Wildman–Crippen MR) is 62.5 cm³/mol. The van der Waals surface area contributed by atoms with E-state index in [0.29, 0.717) is 5.41 Å². The van der Waals surface area contributed by atoms with E-state index in [9.17, 15) is 4.79 Å². The maximum atomic E-state index is 10.9. The molecular formula is C14H22O. The van der Waals surface area contributed by atoms with E-state index in [1.165, 1.54) is 19.3 Å². The van der Waals surface area contributed by atoms with Crippen LogP contribution in [0.1, 0.15) is 46.5 Å². The Balaban J connectivity index is 2.00. The van der Waals surface area contributed by atoms with Crippen LogP contribution in [0.2, 0.25) is 0 Å². The number of hydrogen-bond acceptors (Lipinski definition) is 1. The van der Waals surface area contributed by atoms with E-state index in [4.69, 9.17) is 0 Å². The molecule has 2 rings (SSSR count). The largest absolute Gasteiger partial charge is 0.295 e. The van der Waals surface area contributed by atoms with E-state index in [1.807, 2.05) is 0 Å². The summed E-state index contributed by atoms with van der Waals surface area (Å²) < 4.78 is 0. The fourth-order valence-corrected chi connectivity index (χ4v) is 3.84. The summed E-state index contributed by atoms with van der Waals surface area (Å²) >= 11 is 0. The Labute approximate surface area is 92.9 Å². The summed E-state index contributed by atoms with van der Waals surface area (Å²) in [4.78, 5) is 10.9. The maximum Gasteiger partial charge on any atom is 0.152 e. The zero-order valence-corrected chi connectivity index (χ0v) is 10.1. The number of fused-ring (bicyclic) bond motifs is 2. The van der Waals surface area contributed by atoms with E-state index in [0.717, 1.165) is 24.2 Å². The molecule has 1 nitrogen and oxygen atoms in total. The van der Waals surface area contributed by atoms with Gasteiger partial charge in [0.1, 0.15) is 0 Å². The van der Waals surface area contributed by atoms with Crippen LogP contribution in [0.4, 0.5) is 0 Å². The van der Waals surface area contributed by atoms with Crippen molar-refractivity contribution in [3.63, 3.8) is 0 Å². The third kappa shape index (κ3) is 1.89. The van der Waals surface area contributed by atoms with Gasteiger partial charge in [0.2, 0.25) is 0 Å². The minimum Gasteiger partial charge on any atom is -0.295 e. The molecule has 2 fully saturated rings. The lowest BCUT2D eigenvalue weighted by atomic mass is 9.67. The van der Waals surface area contributed by atoms with Crippen LogP contribution < -0.4 is 0 Å². The molecule has 0 aromatic rings. The van der Waals surface area contributed by atoms with Crippen molar-refractivity contribution in [1.82, 2.24) is 0 Å². The summed E-state index contributed by atoms with van der Waals surface area (Å²) in [7, 11) is 0. The molecule has 15 heavy (non-hydrogen) atoms. The average molecular weight is 206 g/mol. The first-order valence-corrected chi connectivity index (χ1v) is 6.19. The minimum absolute atomic E-state index is 0.177. The Morgan fingerprint density at radius 1 is 1.40 bits per heavy atom. The Morgan fingerprint density at radius 2 is 2.13 bits per heavy atom. The van der Waals surface area contributed by atoms with E-state index < -0.39 is 0 Å². The van der Waals surface area contributed by atoms with E-state index in [2.05, 4.69) is 19.9 Å². The predicted octanol–water partition coefficient (Wildman–Crippen LogP) is 3.59. The lowest BCUT2D eigenvalue weighted by molar-refractivity contribution is -0.112. The summed E-state index contributed by atoms with van der Waals surface area (Å²) in [5.74, 6) is 2.86. The fourth-order valence-electron chi connectivity index (χ4n) is 3.84. The zero-order chi connectivity index (χ0) is 11.1. The molecule has 0 N–H and O–H groups in total. The highest BCUT2D eigenvalue weighted by molar-refractivity contribution is 5.87. The van der Waals surface area contributed by atoms with Crippen molar-refractivity contribution in [2.24, 2.45) is 23.2 Å². The molecule has 3 atom stereocenters.